The lowest BCUT2D eigenvalue weighted by atomic mass is 10.1. The van der Waals surface area contributed by atoms with Crippen LogP contribution in [0.2, 0.25) is 0 Å². The zero-order valence-corrected chi connectivity index (χ0v) is 16.8. The van der Waals surface area contributed by atoms with Gasteiger partial charge in [-0.3, -0.25) is 9.78 Å². The summed E-state index contributed by atoms with van der Waals surface area (Å²) >= 11 is 0. The van der Waals surface area contributed by atoms with Crippen molar-refractivity contribution >= 4 is 5.91 Å². The lowest BCUT2D eigenvalue weighted by Crippen LogP contribution is -2.42. The van der Waals surface area contributed by atoms with Gasteiger partial charge in [-0.2, -0.15) is 0 Å². The number of nitrogens with zero attached hydrogens (tertiary/aromatic N) is 2. The standard InChI is InChI=1S/C22H29N3O4/c1-28-20-5-2-6-21(12-20)29-16-19(26)15-25-18(7-8-22(25)27)9-11-24-14-17-4-3-10-23-13-17/h2-6,10,12-13,18-19,24,26H,7-9,11,14-16H2,1H3/t18-,19-/m1/s1. The summed E-state index contributed by atoms with van der Waals surface area (Å²) in [5.41, 5.74) is 1.14. The molecule has 2 N–H and O–H groups in total. The Labute approximate surface area is 171 Å². The number of rotatable bonds is 11. The van der Waals surface area contributed by atoms with Crippen molar-refractivity contribution in [3.8, 4) is 11.5 Å². The normalized spacial score (nSPS) is 17.4. The maximum absolute atomic E-state index is 12.3. The number of carbonyl (C=O) groups is 1. The van der Waals surface area contributed by atoms with Crippen molar-refractivity contribution in [2.24, 2.45) is 0 Å². The molecular weight excluding hydrogens is 370 g/mol. The largest absolute Gasteiger partial charge is 0.497 e. The van der Waals surface area contributed by atoms with E-state index in [0.717, 1.165) is 31.5 Å². The van der Waals surface area contributed by atoms with Crippen LogP contribution in [0.15, 0.2) is 48.8 Å². The number of methoxy groups -OCH3 is 1. The highest BCUT2D eigenvalue weighted by atomic mass is 16.5. The molecule has 1 aromatic heterocycles. The molecule has 2 aromatic rings. The molecule has 2 heterocycles. The van der Waals surface area contributed by atoms with Gasteiger partial charge in [0.2, 0.25) is 5.91 Å². The minimum Gasteiger partial charge on any atom is -0.497 e. The summed E-state index contributed by atoms with van der Waals surface area (Å²) in [6, 6.07) is 11.3. The molecule has 1 aliphatic heterocycles. The van der Waals surface area contributed by atoms with Crippen LogP contribution in [-0.2, 0) is 11.3 Å². The van der Waals surface area contributed by atoms with Crippen molar-refractivity contribution in [2.45, 2.75) is 38.0 Å². The van der Waals surface area contributed by atoms with Crippen LogP contribution < -0.4 is 14.8 Å². The van der Waals surface area contributed by atoms with Crippen molar-refractivity contribution in [2.75, 3.05) is 26.8 Å². The number of hydrogen-bond acceptors (Lipinski definition) is 6. The average molecular weight is 399 g/mol. The molecule has 1 saturated heterocycles. The summed E-state index contributed by atoms with van der Waals surface area (Å²) < 4.78 is 10.8. The predicted octanol–water partition coefficient (Wildman–Crippen LogP) is 2.00. The fourth-order valence-electron chi connectivity index (χ4n) is 3.51. The highest BCUT2D eigenvalue weighted by Gasteiger charge is 2.31. The van der Waals surface area contributed by atoms with Crippen LogP contribution in [0, 0.1) is 0 Å². The second-order valence-corrected chi connectivity index (χ2v) is 7.21. The molecular formula is C22H29N3O4. The smallest absolute Gasteiger partial charge is 0.222 e. The van der Waals surface area contributed by atoms with Crippen LogP contribution in [0.3, 0.4) is 0 Å². The Bertz CT molecular complexity index is 772. The first-order valence-electron chi connectivity index (χ1n) is 9.99. The quantitative estimate of drug-likeness (QED) is 0.563. The van der Waals surface area contributed by atoms with Crippen molar-refractivity contribution in [1.82, 2.24) is 15.2 Å². The van der Waals surface area contributed by atoms with E-state index in [1.54, 1.807) is 24.3 Å². The Balaban J connectivity index is 1.41. The molecule has 0 bridgehead atoms. The van der Waals surface area contributed by atoms with E-state index in [0.29, 0.717) is 17.9 Å². The van der Waals surface area contributed by atoms with Gasteiger partial charge in [-0.1, -0.05) is 12.1 Å². The zero-order chi connectivity index (χ0) is 20.5. The molecule has 7 heteroatoms. The first kappa shape index (κ1) is 21.1. The second kappa shape index (κ2) is 10.8. The molecule has 7 nitrogen and oxygen atoms in total. The predicted molar refractivity (Wildman–Crippen MR) is 110 cm³/mol. The lowest BCUT2D eigenvalue weighted by molar-refractivity contribution is -0.130. The summed E-state index contributed by atoms with van der Waals surface area (Å²) in [5, 5.41) is 13.8. The Kier molecular flexibility index (Phi) is 7.84. The number of amides is 1. The van der Waals surface area contributed by atoms with Gasteiger partial charge in [0.25, 0.3) is 0 Å². The van der Waals surface area contributed by atoms with Gasteiger partial charge in [-0.15, -0.1) is 0 Å². The fourth-order valence-corrected chi connectivity index (χ4v) is 3.51. The summed E-state index contributed by atoms with van der Waals surface area (Å²) in [6.07, 6.45) is 5.09. The van der Waals surface area contributed by atoms with E-state index in [2.05, 4.69) is 10.3 Å². The Morgan fingerprint density at radius 1 is 1.31 bits per heavy atom. The highest BCUT2D eigenvalue weighted by Crippen LogP contribution is 2.22. The second-order valence-electron chi connectivity index (χ2n) is 7.21. The average Bonchev–Trinajstić information content (AvgIpc) is 3.10. The van der Waals surface area contributed by atoms with Gasteiger partial charge in [-0.05, 0) is 43.1 Å². The number of aliphatic hydroxyl groups excluding tert-OH is 1. The molecule has 0 radical (unpaired) electrons. The number of aromatic nitrogens is 1. The first-order valence-corrected chi connectivity index (χ1v) is 9.99. The number of nitrogens with one attached hydrogen (secondary N) is 1. The van der Waals surface area contributed by atoms with Crippen molar-refractivity contribution in [3.05, 3.63) is 54.4 Å². The number of benzene rings is 1. The van der Waals surface area contributed by atoms with E-state index in [-0.39, 0.29) is 25.1 Å². The number of carbonyl (C=O) groups excluding carboxylic acids is 1. The minimum atomic E-state index is -0.742. The molecule has 1 aromatic carbocycles. The van der Waals surface area contributed by atoms with E-state index in [1.807, 2.05) is 36.5 Å². The molecule has 1 aliphatic rings. The minimum absolute atomic E-state index is 0.0997. The molecule has 0 aliphatic carbocycles. The maximum Gasteiger partial charge on any atom is 0.222 e. The molecule has 3 rings (SSSR count). The van der Waals surface area contributed by atoms with E-state index in [4.69, 9.17) is 9.47 Å². The molecule has 1 amide bonds. The first-order chi connectivity index (χ1) is 14.2. The number of pyridine rings is 1. The maximum atomic E-state index is 12.3. The number of ether oxygens (including phenoxy) is 2. The molecule has 0 spiro atoms. The van der Waals surface area contributed by atoms with E-state index < -0.39 is 6.10 Å². The van der Waals surface area contributed by atoms with Crippen LogP contribution in [0.5, 0.6) is 11.5 Å². The summed E-state index contributed by atoms with van der Waals surface area (Å²) in [4.78, 5) is 18.2. The van der Waals surface area contributed by atoms with Gasteiger partial charge in [-0.25, -0.2) is 0 Å². The molecule has 1 fully saturated rings. The fraction of sp³-hybridized carbons (Fsp3) is 0.455. The number of aliphatic hydroxyl groups is 1. The van der Waals surface area contributed by atoms with Crippen LogP contribution in [0.1, 0.15) is 24.8 Å². The molecule has 29 heavy (non-hydrogen) atoms. The van der Waals surface area contributed by atoms with Crippen molar-refractivity contribution in [1.29, 1.82) is 0 Å². The Morgan fingerprint density at radius 3 is 2.97 bits per heavy atom. The topological polar surface area (TPSA) is 83.9 Å². The van der Waals surface area contributed by atoms with Gasteiger partial charge in [0, 0.05) is 37.5 Å². The van der Waals surface area contributed by atoms with E-state index in [9.17, 15) is 9.90 Å². The van der Waals surface area contributed by atoms with Crippen molar-refractivity contribution < 1.29 is 19.4 Å². The van der Waals surface area contributed by atoms with Gasteiger partial charge < -0.3 is 24.8 Å². The Morgan fingerprint density at radius 2 is 2.17 bits per heavy atom. The van der Waals surface area contributed by atoms with Gasteiger partial charge >= 0.3 is 0 Å². The molecule has 156 valence electrons. The zero-order valence-electron chi connectivity index (χ0n) is 16.8. The van der Waals surface area contributed by atoms with Crippen molar-refractivity contribution in [3.63, 3.8) is 0 Å². The molecule has 2 atom stereocenters. The van der Waals surface area contributed by atoms with Crippen LogP contribution in [0.25, 0.3) is 0 Å². The van der Waals surface area contributed by atoms with Gasteiger partial charge in [0.1, 0.15) is 24.2 Å². The van der Waals surface area contributed by atoms with Crippen LogP contribution >= 0.6 is 0 Å². The number of hydrogen-bond donors (Lipinski definition) is 2. The third-order valence-corrected chi connectivity index (χ3v) is 5.05. The monoisotopic (exact) mass is 399 g/mol. The third kappa shape index (κ3) is 6.44. The summed E-state index contributed by atoms with van der Waals surface area (Å²) in [7, 11) is 1.60. The van der Waals surface area contributed by atoms with E-state index in [1.165, 1.54) is 0 Å². The van der Waals surface area contributed by atoms with Crippen LogP contribution in [0.4, 0.5) is 0 Å². The third-order valence-electron chi connectivity index (χ3n) is 5.05. The lowest BCUT2D eigenvalue weighted by Gasteiger charge is -2.27. The number of β-amino-alcohol motifs (C(OH)–C–C–N with tert-alkyl or cyclic N) is 1. The van der Waals surface area contributed by atoms with E-state index >= 15 is 0 Å². The van der Waals surface area contributed by atoms with Crippen LogP contribution in [-0.4, -0.2) is 59.8 Å². The summed E-state index contributed by atoms with van der Waals surface area (Å²) in [5.74, 6) is 1.43. The van der Waals surface area contributed by atoms with Gasteiger partial charge in [0.15, 0.2) is 0 Å². The molecule has 0 unspecified atom stereocenters. The summed E-state index contributed by atoms with van der Waals surface area (Å²) in [6.45, 7) is 1.98. The van der Waals surface area contributed by atoms with Gasteiger partial charge in [0.05, 0.1) is 13.7 Å². The highest BCUT2D eigenvalue weighted by molar-refractivity contribution is 5.78. The SMILES string of the molecule is COc1cccc(OC[C@H](O)CN2C(=O)CC[C@@H]2CCNCc2cccnc2)c1. The Hall–Kier alpha value is -2.64. The molecule has 0 saturated carbocycles. The number of likely N-dealkylation sites (tertiary alicyclic amines) is 1.